The largest absolute Gasteiger partial charge is 0.252 e. The van der Waals surface area contributed by atoms with Crippen molar-refractivity contribution in [1.82, 2.24) is 8.61 Å². The molecule has 11 heteroatoms. The van der Waals surface area contributed by atoms with Crippen molar-refractivity contribution in [2.24, 2.45) is 0 Å². The summed E-state index contributed by atoms with van der Waals surface area (Å²) in [4.78, 5) is 0.106. The predicted molar refractivity (Wildman–Crippen MR) is 92.9 cm³/mol. The maximum absolute atomic E-state index is 13.8. The van der Waals surface area contributed by atoms with Crippen LogP contribution in [0.1, 0.15) is 4.88 Å². The number of hydrogen-bond acceptors (Lipinski definition) is 5. The molecule has 0 N–H and O–H groups in total. The van der Waals surface area contributed by atoms with Crippen LogP contribution >= 0.6 is 11.3 Å². The minimum absolute atomic E-state index is 0.0601. The lowest BCUT2D eigenvalue weighted by Gasteiger charge is -2.33. The Labute approximate surface area is 154 Å². The van der Waals surface area contributed by atoms with Crippen LogP contribution in [-0.4, -0.2) is 51.6 Å². The fourth-order valence-corrected chi connectivity index (χ4v) is 7.00. The molecule has 1 fully saturated rings. The van der Waals surface area contributed by atoms with Crippen molar-refractivity contribution in [3.63, 3.8) is 0 Å². The van der Waals surface area contributed by atoms with Gasteiger partial charge in [0, 0.05) is 31.1 Å². The van der Waals surface area contributed by atoms with Crippen molar-refractivity contribution in [1.29, 1.82) is 0 Å². The van der Waals surface area contributed by atoms with E-state index in [9.17, 15) is 25.6 Å². The highest BCUT2D eigenvalue weighted by molar-refractivity contribution is 7.91. The van der Waals surface area contributed by atoms with Gasteiger partial charge in [0.2, 0.25) is 10.0 Å². The van der Waals surface area contributed by atoms with Crippen LogP contribution < -0.4 is 0 Å². The van der Waals surface area contributed by atoms with E-state index in [-0.39, 0.29) is 30.4 Å². The fraction of sp³-hybridized carbons (Fsp3) is 0.333. The summed E-state index contributed by atoms with van der Waals surface area (Å²) in [6.45, 7) is 1.40. The van der Waals surface area contributed by atoms with E-state index in [1.165, 1.54) is 10.4 Å². The van der Waals surface area contributed by atoms with Gasteiger partial charge in [0.05, 0.1) is 0 Å². The van der Waals surface area contributed by atoms with E-state index in [2.05, 4.69) is 0 Å². The Balaban J connectivity index is 1.79. The van der Waals surface area contributed by atoms with Crippen LogP contribution in [0.5, 0.6) is 0 Å². The summed E-state index contributed by atoms with van der Waals surface area (Å²) in [7, 11) is -7.94. The molecule has 0 saturated carbocycles. The van der Waals surface area contributed by atoms with E-state index >= 15 is 0 Å². The maximum atomic E-state index is 13.8. The molecule has 0 spiro atoms. The summed E-state index contributed by atoms with van der Waals surface area (Å²) < 4.78 is 79.8. The van der Waals surface area contributed by atoms with Crippen molar-refractivity contribution in [2.45, 2.75) is 16.0 Å². The molecule has 2 aromatic rings. The molecule has 26 heavy (non-hydrogen) atoms. The number of piperazine rings is 1. The topological polar surface area (TPSA) is 74.8 Å². The van der Waals surface area contributed by atoms with E-state index in [1.54, 1.807) is 13.0 Å². The summed E-state index contributed by atoms with van der Waals surface area (Å²) in [6, 6.07) is 5.43. The number of halogens is 2. The highest BCUT2D eigenvalue weighted by Crippen LogP contribution is 2.27. The van der Waals surface area contributed by atoms with Crippen molar-refractivity contribution in [2.75, 3.05) is 26.2 Å². The molecule has 0 amide bonds. The van der Waals surface area contributed by atoms with Gasteiger partial charge >= 0.3 is 0 Å². The van der Waals surface area contributed by atoms with E-state index in [4.69, 9.17) is 0 Å². The van der Waals surface area contributed by atoms with Gasteiger partial charge in [-0.15, -0.1) is 11.3 Å². The Morgan fingerprint density at radius 1 is 0.885 bits per heavy atom. The molecule has 6 nitrogen and oxygen atoms in total. The number of thiophene rings is 1. The number of rotatable bonds is 4. The molecule has 0 radical (unpaired) electrons. The van der Waals surface area contributed by atoms with Gasteiger partial charge in [0.1, 0.15) is 20.7 Å². The summed E-state index contributed by atoms with van der Waals surface area (Å²) in [5.74, 6) is -1.91. The van der Waals surface area contributed by atoms with Crippen molar-refractivity contribution in [3.8, 4) is 0 Å². The van der Waals surface area contributed by atoms with Gasteiger partial charge in [-0.3, -0.25) is 0 Å². The Hall–Kier alpha value is -1.40. The van der Waals surface area contributed by atoms with Crippen LogP contribution in [0.15, 0.2) is 39.4 Å². The Bertz CT molecular complexity index is 1030. The van der Waals surface area contributed by atoms with Gasteiger partial charge in [0.25, 0.3) is 10.0 Å². The molecule has 1 saturated heterocycles. The summed E-state index contributed by atoms with van der Waals surface area (Å²) in [5.41, 5.74) is 0. The van der Waals surface area contributed by atoms with E-state index in [1.807, 2.05) is 0 Å². The first-order valence-corrected chi connectivity index (χ1v) is 11.3. The van der Waals surface area contributed by atoms with E-state index in [0.29, 0.717) is 6.07 Å². The molecule has 2 heterocycles. The average Bonchev–Trinajstić information content (AvgIpc) is 3.04. The molecule has 0 unspecified atom stereocenters. The zero-order chi connectivity index (χ0) is 19.1. The Morgan fingerprint density at radius 3 is 2.00 bits per heavy atom. The zero-order valence-electron chi connectivity index (χ0n) is 13.7. The maximum Gasteiger partial charge on any atom is 0.252 e. The van der Waals surface area contributed by atoms with Gasteiger partial charge < -0.3 is 0 Å². The molecule has 142 valence electrons. The monoisotopic (exact) mass is 422 g/mol. The molecule has 1 aromatic carbocycles. The van der Waals surface area contributed by atoms with Crippen molar-refractivity contribution in [3.05, 3.63) is 46.8 Å². The van der Waals surface area contributed by atoms with Crippen LogP contribution in [0, 0.1) is 18.6 Å². The molecular weight excluding hydrogens is 406 g/mol. The zero-order valence-corrected chi connectivity index (χ0v) is 16.2. The molecule has 1 aromatic heterocycles. The second-order valence-corrected chi connectivity index (χ2v) is 11.1. The van der Waals surface area contributed by atoms with Crippen LogP contribution in [-0.2, 0) is 20.0 Å². The van der Waals surface area contributed by atoms with Crippen molar-refractivity contribution >= 4 is 31.4 Å². The van der Waals surface area contributed by atoms with Gasteiger partial charge in [0.15, 0.2) is 0 Å². The van der Waals surface area contributed by atoms with Gasteiger partial charge in [-0.05, 0) is 37.3 Å². The van der Waals surface area contributed by atoms with Gasteiger partial charge in [-0.25, -0.2) is 25.6 Å². The predicted octanol–water partition coefficient (Wildman–Crippen LogP) is 2.03. The van der Waals surface area contributed by atoms with Crippen LogP contribution in [0.3, 0.4) is 0 Å². The third kappa shape index (κ3) is 3.54. The Morgan fingerprint density at radius 2 is 1.46 bits per heavy atom. The normalized spacial score (nSPS) is 17.5. The summed E-state index contributed by atoms with van der Waals surface area (Å²) >= 11 is 1.14. The van der Waals surface area contributed by atoms with Crippen LogP contribution in [0.4, 0.5) is 8.78 Å². The number of nitrogens with zero attached hydrogens (tertiary/aromatic N) is 2. The molecule has 1 aliphatic rings. The fourth-order valence-electron chi connectivity index (χ4n) is 2.64. The molecule has 3 rings (SSSR count). The lowest BCUT2D eigenvalue weighted by atomic mass is 10.3. The number of hydrogen-bond donors (Lipinski definition) is 0. The minimum Gasteiger partial charge on any atom is -0.207 e. The Kier molecular flexibility index (Phi) is 5.19. The number of benzene rings is 1. The van der Waals surface area contributed by atoms with Crippen LogP contribution in [0.25, 0.3) is 0 Å². The summed E-state index contributed by atoms with van der Waals surface area (Å²) in [6.07, 6.45) is 0. The first-order valence-electron chi connectivity index (χ1n) is 7.64. The quantitative estimate of drug-likeness (QED) is 0.756. The molecular formula is C15H16F2N2O4S3. The van der Waals surface area contributed by atoms with E-state index < -0.39 is 36.6 Å². The molecule has 1 aliphatic heterocycles. The summed E-state index contributed by atoms with van der Waals surface area (Å²) in [5, 5.41) is 0. The van der Waals surface area contributed by atoms with Crippen LogP contribution in [0.2, 0.25) is 0 Å². The highest BCUT2D eigenvalue weighted by atomic mass is 32.2. The second kappa shape index (κ2) is 6.97. The highest BCUT2D eigenvalue weighted by Gasteiger charge is 2.35. The SMILES string of the molecule is Cc1ccc(S(=O)(=O)N2CCN(S(=O)(=O)c3cc(F)ccc3F)CC2)s1. The molecule has 0 atom stereocenters. The lowest BCUT2D eigenvalue weighted by Crippen LogP contribution is -2.50. The van der Waals surface area contributed by atoms with Crippen molar-refractivity contribution < 1.29 is 25.6 Å². The standard InChI is InChI=1S/C15H16F2N2O4S3/c1-11-2-5-15(24-11)26(22,23)19-8-6-18(7-9-19)25(20,21)14-10-12(16)3-4-13(14)17/h2-5,10H,6-9H2,1H3. The first-order chi connectivity index (χ1) is 12.1. The third-order valence-electron chi connectivity index (χ3n) is 4.02. The second-order valence-electron chi connectivity index (χ2n) is 5.75. The van der Waals surface area contributed by atoms with Gasteiger partial charge in [-0.1, -0.05) is 0 Å². The molecule has 0 bridgehead atoms. The minimum atomic E-state index is -4.25. The number of aryl methyl sites for hydroxylation is 1. The lowest BCUT2D eigenvalue weighted by molar-refractivity contribution is 0.272. The van der Waals surface area contributed by atoms with E-state index in [0.717, 1.165) is 32.7 Å². The average molecular weight is 423 g/mol. The third-order valence-corrected chi connectivity index (χ3v) is 9.30. The molecule has 0 aliphatic carbocycles. The number of sulfonamides is 2. The van der Waals surface area contributed by atoms with Gasteiger partial charge in [-0.2, -0.15) is 8.61 Å². The smallest absolute Gasteiger partial charge is 0.207 e. The first kappa shape index (κ1) is 19.4.